The minimum atomic E-state index is -0.323. The third kappa shape index (κ3) is 2.62. The Bertz CT molecular complexity index is 645. The molecule has 0 bridgehead atoms. The van der Waals surface area contributed by atoms with Crippen LogP contribution in [-0.4, -0.2) is 10.9 Å². The van der Waals surface area contributed by atoms with Gasteiger partial charge in [-0.05, 0) is 30.3 Å². The number of benzene rings is 1. The van der Waals surface area contributed by atoms with Crippen molar-refractivity contribution in [1.82, 2.24) is 4.98 Å². The molecule has 0 unspecified atom stereocenters. The summed E-state index contributed by atoms with van der Waals surface area (Å²) in [7, 11) is 0. The first-order valence-corrected chi connectivity index (χ1v) is 5.19. The van der Waals surface area contributed by atoms with Gasteiger partial charge in [0, 0.05) is 18.0 Å². The molecule has 2 rings (SSSR count). The molecule has 88 valence electrons. The molecule has 18 heavy (non-hydrogen) atoms. The highest BCUT2D eigenvalue weighted by Gasteiger charge is 2.05. The number of nitrogens with one attached hydrogen (secondary N) is 2. The highest BCUT2D eigenvalue weighted by Crippen LogP contribution is 2.10. The molecule has 0 saturated heterocycles. The number of carbonyl (C=O) groups is 1. The van der Waals surface area contributed by atoms with E-state index in [2.05, 4.69) is 10.3 Å². The zero-order chi connectivity index (χ0) is 13.0. The Labute approximate surface area is 103 Å². The summed E-state index contributed by atoms with van der Waals surface area (Å²) in [5, 5.41) is 11.3. The Kier molecular flexibility index (Phi) is 3.21. The van der Waals surface area contributed by atoms with Crippen LogP contribution < -0.4 is 10.9 Å². The maximum Gasteiger partial charge on any atom is 0.257 e. The zero-order valence-corrected chi connectivity index (χ0v) is 9.31. The van der Waals surface area contributed by atoms with Crippen LogP contribution in [0.5, 0.6) is 0 Å². The topological polar surface area (TPSA) is 85.8 Å². The second kappa shape index (κ2) is 4.97. The molecular weight excluding hydrogens is 230 g/mol. The fraction of sp³-hybridized carbons (Fsp3) is 0. The molecule has 1 aromatic carbocycles. The molecule has 1 amide bonds. The van der Waals surface area contributed by atoms with Gasteiger partial charge in [-0.3, -0.25) is 9.59 Å². The molecule has 5 heteroatoms. The number of H-pyrrole nitrogens is 1. The lowest BCUT2D eigenvalue weighted by Gasteiger charge is -2.04. The second-order valence-corrected chi connectivity index (χ2v) is 3.58. The summed E-state index contributed by atoms with van der Waals surface area (Å²) in [5.74, 6) is -0.323. The van der Waals surface area contributed by atoms with Gasteiger partial charge in [-0.1, -0.05) is 0 Å². The number of hydrogen-bond donors (Lipinski definition) is 2. The van der Waals surface area contributed by atoms with Crippen molar-refractivity contribution in [2.75, 3.05) is 5.32 Å². The van der Waals surface area contributed by atoms with Gasteiger partial charge < -0.3 is 10.3 Å². The first-order valence-electron chi connectivity index (χ1n) is 5.19. The van der Waals surface area contributed by atoms with Gasteiger partial charge in [0.15, 0.2) is 0 Å². The van der Waals surface area contributed by atoms with Gasteiger partial charge in [0.2, 0.25) is 5.56 Å². The monoisotopic (exact) mass is 239 g/mol. The number of carbonyl (C=O) groups excluding carboxylic acids is 1. The average Bonchev–Trinajstić information content (AvgIpc) is 2.40. The summed E-state index contributed by atoms with van der Waals surface area (Å²) in [5.41, 5.74) is 1.21. The van der Waals surface area contributed by atoms with E-state index in [-0.39, 0.29) is 11.5 Å². The molecule has 0 saturated carbocycles. The average molecular weight is 239 g/mol. The number of amides is 1. The molecule has 1 heterocycles. The van der Waals surface area contributed by atoms with E-state index in [0.717, 1.165) is 0 Å². The van der Waals surface area contributed by atoms with E-state index in [9.17, 15) is 9.59 Å². The van der Waals surface area contributed by atoms with Crippen molar-refractivity contribution in [2.45, 2.75) is 0 Å². The molecule has 0 atom stereocenters. The molecule has 0 fully saturated rings. The van der Waals surface area contributed by atoms with E-state index in [1.807, 2.05) is 6.07 Å². The lowest BCUT2D eigenvalue weighted by molar-refractivity contribution is 0.102. The van der Waals surface area contributed by atoms with Crippen LogP contribution in [0.1, 0.15) is 15.9 Å². The van der Waals surface area contributed by atoms with Crippen molar-refractivity contribution in [3.63, 3.8) is 0 Å². The molecule has 0 aliphatic carbocycles. The summed E-state index contributed by atoms with van der Waals surface area (Å²) >= 11 is 0. The van der Waals surface area contributed by atoms with Crippen molar-refractivity contribution < 1.29 is 4.79 Å². The van der Waals surface area contributed by atoms with E-state index < -0.39 is 0 Å². The van der Waals surface area contributed by atoms with E-state index in [1.165, 1.54) is 18.3 Å². The van der Waals surface area contributed by atoms with Crippen molar-refractivity contribution >= 4 is 11.6 Å². The Morgan fingerprint density at radius 2 is 1.89 bits per heavy atom. The summed E-state index contributed by atoms with van der Waals surface area (Å²) in [6, 6.07) is 11.2. The third-order valence-electron chi connectivity index (χ3n) is 2.32. The van der Waals surface area contributed by atoms with E-state index in [0.29, 0.717) is 16.8 Å². The van der Waals surface area contributed by atoms with Crippen LogP contribution in [0.4, 0.5) is 5.69 Å². The lowest BCUT2D eigenvalue weighted by Crippen LogP contribution is -2.14. The number of nitriles is 1. The molecular formula is C13H9N3O2. The summed E-state index contributed by atoms with van der Waals surface area (Å²) in [6.45, 7) is 0. The number of pyridine rings is 1. The zero-order valence-electron chi connectivity index (χ0n) is 9.31. The first-order chi connectivity index (χ1) is 8.69. The predicted molar refractivity (Wildman–Crippen MR) is 66.2 cm³/mol. The molecule has 0 aliphatic rings. The fourth-order valence-electron chi connectivity index (χ4n) is 1.38. The van der Waals surface area contributed by atoms with Crippen LogP contribution in [0, 0.1) is 11.3 Å². The van der Waals surface area contributed by atoms with Gasteiger partial charge in [-0.25, -0.2) is 0 Å². The highest BCUT2D eigenvalue weighted by atomic mass is 16.1. The predicted octanol–water partition coefficient (Wildman–Crippen LogP) is 1.50. The smallest absolute Gasteiger partial charge is 0.257 e. The van der Waals surface area contributed by atoms with Gasteiger partial charge in [0.25, 0.3) is 5.91 Å². The van der Waals surface area contributed by atoms with Gasteiger partial charge in [0.05, 0.1) is 17.2 Å². The van der Waals surface area contributed by atoms with Crippen LogP contribution >= 0.6 is 0 Å². The van der Waals surface area contributed by atoms with E-state index in [1.54, 1.807) is 24.3 Å². The van der Waals surface area contributed by atoms with Gasteiger partial charge >= 0.3 is 0 Å². The number of hydrogen-bond acceptors (Lipinski definition) is 3. The highest BCUT2D eigenvalue weighted by molar-refractivity contribution is 6.03. The van der Waals surface area contributed by atoms with Gasteiger partial charge in [0.1, 0.15) is 0 Å². The number of anilines is 1. The largest absolute Gasteiger partial charge is 0.328 e. The van der Waals surface area contributed by atoms with Crippen LogP contribution in [0.3, 0.4) is 0 Å². The fourth-order valence-corrected chi connectivity index (χ4v) is 1.38. The number of nitrogens with zero attached hydrogens (tertiary/aromatic N) is 1. The van der Waals surface area contributed by atoms with E-state index >= 15 is 0 Å². The summed E-state index contributed by atoms with van der Waals surface area (Å²) in [6.07, 6.45) is 1.35. The van der Waals surface area contributed by atoms with Crippen LogP contribution in [-0.2, 0) is 0 Å². The van der Waals surface area contributed by atoms with Crippen molar-refractivity contribution in [2.24, 2.45) is 0 Å². The van der Waals surface area contributed by atoms with Crippen molar-refractivity contribution in [3.8, 4) is 6.07 Å². The molecule has 0 aliphatic heterocycles. The summed E-state index contributed by atoms with van der Waals surface area (Å²) in [4.78, 5) is 25.1. The van der Waals surface area contributed by atoms with Gasteiger partial charge in [-0.15, -0.1) is 0 Å². The second-order valence-electron chi connectivity index (χ2n) is 3.58. The van der Waals surface area contributed by atoms with Crippen LogP contribution in [0.2, 0.25) is 0 Å². The Morgan fingerprint density at radius 3 is 2.44 bits per heavy atom. The maximum atomic E-state index is 11.8. The van der Waals surface area contributed by atoms with E-state index in [4.69, 9.17) is 5.26 Å². The molecule has 0 radical (unpaired) electrons. The quantitative estimate of drug-likeness (QED) is 0.832. The Hall–Kier alpha value is -2.87. The molecule has 2 aromatic rings. The maximum absolute atomic E-state index is 11.8. The number of aromatic nitrogens is 1. The van der Waals surface area contributed by atoms with Crippen LogP contribution in [0.15, 0.2) is 47.4 Å². The number of aromatic amines is 1. The minimum Gasteiger partial charge on any atom is -0.328 e. The number of rotatable bonds is 2. The summed E-state index contributed by atoms with van der Waals surface area (Å²) < 4.78 is 0. The first kappa shape index (κ1) is 11.6. The molecule has 0 spiro atoms. The lowest BCUT2D eigenvalue weighted by atomic mass is 10.2. The minimum absolute atomic E-state index is 0.259. The molecule has 1 aromatic heterocycles. The third-order valence-corrected chi connectivity index (χ3v) is 2.32. The standard InChI is InChI=1S/C13H9N3O2/c14-7-9-1-4-11(5-2-9)16-13(18)10-3-6-12(17)15-8-10/h1-6,8H,(H,15,17)(H,16,18). The normalized spacial score (nSPS) is 9.50. The Morgan fingerprint density at radius 1 is 1.17 bits per heavy atom. The van der Waals surface area contributed by atoms with Crippen molar-refractivity contribution in [3.05, 3.63) is 64.1 Å². The SMILES string of the molecule is N#Cc1ccc(NC(=O)c2ccc(=O)[nH]c2)cc1. The van der Waals surface area contributed by atoms with Crippen LogP contribution in [0.25, 0.3) is 0 Å². The Balaban J connectivity index is 2.13. The molecule has 5 nitrogen and oxygen atoms in total. The molecule has 2 N–H and O–H groups in total. The van der Waals surface area contributed by atoms with Crippen molar-refractivity contribution in [1.29, 1.82) is 5.26 Å². The van der Waals surface area contributed by atoms with Gasteiger partial charge in [-0.2, -0.15) is 5.26 Å².